The minimum atomic E-state index is -3.42. The van der Waals surface area contributed by atoms with Crippen molar-refractivity contribution in [3.63, 3.8) is 0 Å². The first-order valence-electron chi connectivity index (χ1n) is 12.5. The summed E-state index contributed by atoms with van der Waals surface area (Å²) in [6.45, 7) is 1.87. The van der Waals surface area contributed by atoms with Gasteiger partial charge >= 0.3 is 0 Å². The molecule has 5 fully saturated rings. The van der Waals surface area contributed by atoms with E-state index in [2.05, 4.69) is 10.6 Å². The van der Waals surface area contributed by atoms with E-state index in [0.29, 0.717) is 31.1 Å². The third-order valence-electron chi connectivity index (χ3n) is 8.27. The van der Waals surface area contributed by atoms with Gasteiger partial charge in [-0.2, -0.15) is 4.31 Å². The van der Waals surface area contributed by atoms with E-state index in [-0.39, 0.29) is 23.7 Å². The highest BCUT2D eigenvalue weighted by Crippen LogP contribution is 2.60. The molecule has 2 amide bonds. The molecule has 33 heavy (non-hydrogen) atoms. The van der Waals surface area contributed by atoms with Crippen LogP contribution in [0.5, 0.6) is 0 Å². The Kier molecular flexibility index (Phi) is 6.25. The molecule has 2 N–H and O–H groups in total. The predicted molar refractivity (Wildman–Crippen MR) is 125 cm³/mol. The number of nitrogens with one attached hydrogen (secondary N) is 2. The van der Waals surface area contributed by atoms with Crippen LogP contribution in [0, 0.1) is 23.2 Å². The fraction of sp³-hybridized carbons (Fsp3) is 0.680. The summed E-state index contributed by atoms with van der Waals surface area (Å²) in [5.41, 5.74) is 0.670. The number of carbonyl (C=O) groups is 2. The summed E-state index contributed by atoms with van der Waals surface area (Å²) in [7, 11) is -3.42. The molecule has 1 heterocycles. The molecule has 4 bridgehead atoms. The van der Waals surface area contributed by atoms with Crippen LogP contribution in [0.15, 0.2) is 29.2 Å². The van der Waals surface area contributed by atoms with E-state index < -0.39 is 10.0 Å². The van der Waals surface area contributed by atoms with Gasteiger partial charge in [-0.3, -0.25) is 9.59 Å². The Balaban J connectivity index is 1.06. The van der Waals surface area contributed by atoms with Crippen molar-refractivity contribution in [1.29, 1.82) is 0 Å². The van der Waals surface area contributed by atoms with Crippen LogP contribution < -0.4 is 10.6 Å². The van der Waals surface area contributed by atoms with Gasteiger partial charge in [0.05, 0.1) is 4.90 Å². The summed E-state index contributed by atoms with van der Waals surface area (Å²) in [5.74, 6) is 2.21. The lowest BCUT2D eigenvalue weighted by Gasteiger charge is -2.55. The van der Waals surface area contributed by atoms with Crippen molar-refractivity contribution in [2.75, 3.05) is 19.6 Å². The third-order valence-corrected chi connectivity index (χ3v) is 10.2. The molecule has 0 radical (unpaired) electrons. The fourth-order valence-corrected chi connectivity index (χ4v) is 8.53. The highest BCUT2D eigenvalue weighted by atomic mass is 32.2. The van der Waals surface area contributed by atoms with Gasteiger partial charge in [-0.05, 0) is 86.8 Å². The first-order valence-corrected chi connectivity index (χ1v) is 13.9. The predicted octanol–water partition coefficient (Wildman–Crippen LogP) is 2.81. The van der Waals surface area contributed by atoms with Crippen LogP contribution in [0.1, 0.15) is 63.4 Å². The van der Waals surface area contributed by atoms with Gasteiger partial charge in [-0.25, -0.2) is 8.42 Å². The minimum absolute atomic E-state index is 0.116. The maximum absolute atomic E-state index is 13.0. The highest BCUT2D eigenvalue weighted by molar-refractivity contribution is 7.89. The molecule has 0 unspecified atom stereocenters. The number of amides is 2. The number of hydrogen-bond donors (Lipinski definition) is 2. The van der Waals surface area contributed by atoms with Crippen LogP contribution >= 0.6 is 0 Å². The zero-order chi connectivity index (χ0) is 23.1. The van der Waals surface area contributed by atoms with Crippen molar-refractivity contribution in [3.8, 4) is 0 Å². The number of nitrogens with zero attached hydrogens (tertiary/aromatic N) is 1. The quantitative estimate of drug-likeness (QED) is 0.607. The molecule has 4 saturated carbocycles. The molecule has 5 aliphatic rings. The topological polar surface area (TPSA) is 95.6 Å². The zero-order valence-electron chi connectivity index (χ0n) is 19.2. The van der Waals surface area contributed by atoms with E-state index in [1.54, 1.807) is 24.3 Å². The average Bonchev–Trinajstić information content (AvgIpc) is 3.33. The molecule has 4 aliphatic carbocycles. The molecule has 7 nitrogen and oxygen atoms in total. The Morgan fingerprint density at radius 1 is 0.909 bits per heavy atom. The van der Waals surface area contributed by atoms with Crippen LogP contribution in [-0.2, 0) is 26.2 Å². The summed E-state index contributed by atoms with van der Waals surface area (Å²) in [5, 5.41) is 5.92. The van der Waals surface area contributed by atoms with Gasteiger partial charge < -0.3 is 10.6 Å². The van der Waals surface area contributed by atoms with Crippen LogP contribution in [0.25, 0.3) is 0 Å². The third kappa shape index (κ3) is 4.69. The van der Waals surface area contributed by atoms with Crippen LogP contribution in [0.3, 0.4) is 0 Å². The summed E-state index contributed by atoms with van der Waals surface area (Å²) in [6, 6.07) is 6.72. The van der Waals surface area contributed by atoms with Gasteiger partial charge in [0.2, 0.25) is 21.8 Å². The molecular weight excluding hydrogens is 438 g/mol. The summed E-state index contributed by atoms with van der Waals surface area (Å²) >= 11 is 0. The molecule has 1 aromatic carbocycles. The van der Waals surface area contributed by atoms with E-state index in [1.165, 1.54) is 23.6 Å². The molecular formula is C25H35N3O4S. The van der Waals surface area contributed by atoms with E-state index in [1.807, 2.05) is 0 Å². The summed E-state index contributed by atoms with van der Waals surface area (Å²) < 4.78 is 26.7. The maximum Gasteiger partial charge on any atom is 0.243 e. The molecule has 0 aromatic heterocycles. The van der Waals surface area contributed by atoms with Crippen molar-refractivity contribution in [3.05, 3.63) is 29.8 Å². The van der Waals surface area contributed by atoms with Crippen molar-refractivity contribution in [2.24, 2.45) is 23.2 Å². The van der Waals surface area contributed by atoms with Crippen molar-refractivity contribution < 1.29 is 18.0 Å². The Labute approximate surface area is 196 Å². The number of sulfonamides is 1. The monoisotopic (exact) mass is 473 g/mol. The van der Waals surface area contributed by atoms with Crippen LogP contribution in [0.4, 0.5) is 0 Å². The smallest absolute Gasteiger partial charge is 0.243 e. The molecule has 0 spiro atoms. The van der Waals surface area contributed by atoms with Crippen molar-refractivity contribution in [1.82, 2.24) is 14.9 Å². The first-order chi connectivity index (χ1) is 15.8. The van der Waals surface area contributed by atoms with Gasteiger partial charge in [-0.1, -0.05) is 12.1 Å². The van der Waals surface area contributed by atoms with E-state index in [0.717, 1.165) is 55.4 Å². The normalized spacial score (nSPS) is 31.0. The second kappa shape index (κ2) is 9.02. The molecule has 1 saturated heterocycles. The maximum atomic E-state index is 13.0. The van der Waals surface area contributed by atoms with E-state index >= 15 is 0 Å². The zero-order valence-corrected chi connectivity index (χ0v) is 20.0. The lowest BCUT2D eigenvalue weighted by molar-refractivity contribution is -0.146. The average molecular weight is 474 g/mol. The van der Waals surface area contributed by atoms with Crippen molar-refractivity contribution in [2.45, 2.75) is 69.2 Å². The standard InChI is InChI=1S/C25H35N3O4S/c29-23(7-8-26-24(30)25-14-19-11-20(15-25)13-21(12-19)16-25)27-17-18-3-5-22(6-4-18)33(31,32)28-9-1-2-10-28/h3-6,19-21H,1-2,7-17H2,(H,26,30)(H,27,29). The van der Waals surface area contributed by atoms with E-state index in [4.69, 9.17) is 0 Å². The van der Waals surface area contributed by atoms with Gasteiger partial charge in [0, 0.05) is 38.0 Å². The number of carbonyl (C=O) groups excluding carboxylic acids is 2. The Morgan fingerprint density at radius 2 is 1.48 bits per heavy atom. The summed E-state index contributed by atoms with van der Waals surface area (Å²) in [4.78, 5) is 25.5. The second-order valence-electron chi connectivity index (χ2n) is 10.7. The largest absolute Gasteiger partial charge is 0.355 e. The number of rotatable bonds is 8. The molecule has 8 heteroatoms. The molecule has 1 aromatic rings. The van der Waals surface area contributed by atoms with Crippen LogP contribution in [0.2, 0.25) is 0 Å². The van der Waals surface area contributed by atoms with Crippen molar-refractivity contribution >= 4 is 21.8 Å². The molecule has 0 atom stereocenters. The number of hydrogen-bond acceptors (Lipinski definition) is 4. The Bertz CT molecular complexity index is 964. The number of benzene rings is 1. The molecule has 6 rings (SSSR count). The molecule has 1 aliphatic heterocycles. The van der Waals surface area contributed by atoms with Crippen LogP contribution in [-0.4, -0.2) is 44.2 Å². The Morgan fingerprint density at radius 3 is 2.06 bits per heavy atom. The van der Waals surface area contributed by atoms with Gasteiger partial charge in [-0.15, -0.1) is 0 Å². The van der Waals surface area contributed by atoms with Gasteiger partial charge in [0.25, 0.3) is 0 Å². The SMILES string of the molecule is O=C(CCNC(=O)C12CC3CC(CC(C3)C1)C2)NCc1ccc(S(=O)(=O)N2CCCC2)cc1. The van der Waals surface area contributed by atoms with Gasteiger partial charge in [0.15, 0.2) is 0 Å². The first kappa shape index (κ1) is 22.8. The Hall–Kier alpha value is -1.93. The highest BCUT2D eigenvalue weighted by Gasteiger charge is 2.54. The fourth-order valence-electron chi connectivity index (χ4n) is 7.01. The summed E-state index contributed by atoms with van der Waals surface area (Å²) in [6.07, 6.45) is 9.07. The minimum Gasteiger partial charge on any atom is -0.355 e. The van der Waals surface area contributed by atoms with E-state index in [9.17, 15) is 18.0 Å². The lowest BCUT2D eigenvalue weighted by Crippen LogP contribution is -2.53. The second-order valence-corrected chi connectivity index (χ2v) is 12.7. The lowest BCUT2D eigenvalue weighted by atomic mass is 9.49. The molecule has 180 valence electrons. The van der Waals surface area contributed by atoms with Gasteiger partial charge in [0.1, 0.15) is 0 Å².